The van der Waals surface area contributed by atoms with Crippen LogP contribution in [0.4, 0.5) is 24.5 Å². The molecule has 0 heterocycles. The second-order valence-corrected chi connectivity index (χ2v) is 4.32. The Hall–Kier alpha value is -1.79. The lowest BCUT2D eigenvalue weighted by Gasteiger charge is -2.15. The Bertz CT molecular complexity index is 461. The standard InChI is InChI=1S/C12H15F3N2O2/c1-3-4-8(2)16-10-6-5-9(12(13,14)15)7-11(10)17(18)19/h5-8,16H,3-4H2,1-2H3. The first-order valence-corrected chi connectivity index (χ1v) is 5.88. The number of nitro groups is 1. The quantitative estimate of drug-likeness (QED) is 0.647. The van der Waals surface area contributed by atoms with Gasteiger partial charge in [0.1, 0.15) is 5.69 Å². The van der Waals surface area contributed by atoms with Crippen molar-refractivity contribution in [2.75, 3.05) is 5.32 Å². The summed E-state index contributed by atoms with van der Waals surface area (Å²) in [5, 5.41) is 13.7. The van der Waals surface area contributed by atoms with Crippen molar-refractivity contribution in [2.24, 2.45) is 0 Å². The van der Waals surface area contributed by atoms with E-state index in [4.69, 9.17) is 0 Å². The molecule has 7 heteroatoms. The molecule has 0 spiro atoms. The van der Waals surface area contributed by atoms with Gasteiger partial charge in [-0.3, -0.25) is 10.1 Å². The highest BCUT2D eigenvalue weighted by Crippen LogP contribution is 2.35. The molecule has 106 valence electrons. The third-order valence-corrected chi connectivity index (χ3v) is 2.65. The molecular weight excluding hydrogens is 261 g/mol. The Labute approximate surface area is 108 Å². The second kappa shape index (κ2) is 5.90. The lowest BCUT2D eigenvalue weighted by atomic mass is 10.1. The van der Waals surface area contributed by atoms with Gasteiger partial charge in [0, 0.05) is 12.1 Å². The van der Waals surface area contributed by atoms with E-state index in [1.807, 2.05) is 13.8 Å². The maximum atomic E-state index is 12.5. The van der Waals surface area contributed by atoms with E-state index in [1.165, 1.54) is 0 Å². The maximum absolute atomic E-state index is 12.5. The van der Waals surface area contributed by atoms with Crippen molar-refractivity contribution in [3.63, 3.8) is 0 Å². The summed E-state index contributed by atoms with van der Waals surface area (Å²) in [4.78, 5) is 10.0. The number of nitrogens with zero attached hydrogens (tertiary/aromatic N) is 1. The molecule has 0 saturated heterocycles. The van der Waals surface area contributed by atoms with Crippen LogP contribution in [0.2, 0.25) is 0 Å². The first-order valence-electron chi connectivity index (χ1n) is 5.88. The van der Waals surface area contributed by atoms with Gasteiger partial charge in [0.25, 0.3) is 5.69 Å². The van der Waals surface area contributed by atoms with Crippen molar-refractivity contribution in [1.29, 1.82) is 0 Å². The zero-order valence-corrected chi connectivity index (χ0v) is 10.6. The molecule has 0 fully saturated rings. The van der Waals surface area contributed by atoms with E-state index >= 15 is 0 Å². The van der Waals surface area contributed by atoms with E-state index < -0.39 is 22.4 Å². The van der Waals surface area contributed by atoms with Crippen LogP contribution in [-0.2, 0) is 6.18 Å². The number of rotatable bonds is 5. The molecule has 0 amide bonds. The number of halogens is 3. The van der Waals surface area contributed by atoms with E-state index in [2.05, 4.69) is 5.32 Å². The lowest BCUT2D eigenvalue weighted by molar-refractivity contribution is -0.384. The van der Waals surface area contributed by atoms with Gasteiger partial charge in [-0.1, -0.05) is 13.3 Å². The van der Waals surface area contributed by atoms with Crippen LogP contribution in [0.5, 0.6) is 0 Å². The van der Waals surface area contributed by atoms with E-state index in [1.54, 1.807) is 0 Å². The van der Waals surface area contributed by atoms with Crippen molar-refractivity contribution in [2.45, 2.75) is 38.9 Å². The molecule has 0 aliphatic heterocycles. The zero-order chi connectivity index (χ0) is 14.6. The summed E-state index contributed by atoms with van der Waals surface area (Å²) in [7, 11) is 0. The summed E-state index contributed by atoms with van der Waals surface area (Å²) < 4.78 is 37.5. The van der Waals surface area contributed by atoms with Gasteiger partial charge in [0.15, 0.2) is 0 Å². The van der Waals surface area contributed by atoms with E-state index in [9.17, 15) is 23.3 Å². The van der Waals surface area contributed by atoms with Crippen molar-refractivity contribution >= 4 is 11.4 Å². The first-order chi connectivity index (χ1) is 8.75. The topological polar surface area (TPSA) is 55.2 Å². The average molecular weight is 276 g/mol. The molecule has 0 saturated carbocycles. The largest absolute Gasteiger partial charge is 0.416 e. The highest BCUT2D eigenvalue weighted by atomic mass is 19.4. The van der Waals surface area contributed by atoms with Crippen LogP contribution in [0.15, 0.2) is 18.2 Å². The molecular formula is C12H15F3N2O2. The predicted molar refractivity (Wildman–Crippen MR) is 66.1 cm³/mol. The predicted octanol–water partition coefficient (Wildman–Crippen LogP) is 4.21. The maximum Gasteiger partial charge on any atom is 0.416 e. The lowest BCUT2D eigenvalue weighted by Crippen LogP contribution is -2.16. The number of anilines is 1. The summed E-state index contributed by atoms with van der Waals surface area (Å²) in [5.74, 6) is 0. The minimum atomic E-state index is -4.58. The number of hydrogen-bond acceptors (Lipinski definition) is 3. The highest BCUT2D eigenvalue weighted by molar-refractivity contribution is 5.63. The van der Waals surface area contributed by atoms with E-state index in [0.29, 0.717) is 6.07 Å². The Morgan fingerprint density at radius 3 is 2.53 bits per heavy atom. The Morgan fingerprint density at radius 2 is 2.05 bits per heavy atom. The van der Waals surface area contributed by atoms with Crippen LogP contribution in [0, 0.1) is 10.1 Å². The Morgan fingerprint density at radius 1 is 1.42 bits per heavy atom. The van der Waals surface area contributed by atoms with Crippen molar-refractivity contribution in [1.82, 2.24) is 0 Å². The number of nitro benzene ring substituents is 1. The van der Waals surface area contributed by atoms with Gasteiger partial charge in [-0.15, -0.1) is 0 Å². The molecule has 0 radical (unpaired) electrons. The fraction of sp³-hybridized carbons (Fsp3) is 0.500. The first kappa shape index (κ1) is 15.3. The second-order valence-electron chi connectivity index (χ2n) is 4.32. The molecule has 1 N–H and O–H groups in total. The molecule has 1 aromatic rings. The van der Waals surface area contributed by atoms with Crippen LogP contribution < -0.4 is 5.32 Å². The van der Waals surface area contributed by atoms with Gasteiger partial charge < -0.3 is 5.32 Å². The molecule has 0 bridgehead atoms. The molecule has 4 nitrogen and oxygen atoms in total. The fourth-order valence-electron chi connectivity index (χ4n) is 1.75. The van der Waals surface area contributed by atoms with Gasteiger partial charge in [-0.25, -0.2) is 0 Å². The van der Waals surface area contributed by atoms with Crippen molar-refractivity contribution in [3.8, 4) is 0 Å². The van der Waals surface area contributed by atoms with Gasteiger partial charge in [-0.2, -0.15) is 13.2 Å². The summed E-state index contributed by atoms with van der Waals surface area (Å²) >= 11 is 0. The average Bonchev–Trinajstić information content (AvgIpc) is 2.27. The van der Waals surface area contributed by atoms with E-state index in [-0.39, 0.29) is 11.7 Å². The van der Waals surface area contributed by atoms with Crippen molar-refractivity contribution < 1.29 is 18.1 Å². The summed E-state index contributed by atoms with van der Waals surface area (Å²) in [6.07, 6.45) is -2.93. The van der Waals surface area contributed by atoms with Gasteiger partial charge >= 0.3 is 6.18 Å². The molecule has 1 atom stereocenters. The van der Waals surface area contributed by atoms with E-state index in [0.717, 1.165) is 25.0 Å². The summed E-state index contributed by atoms with van der Waals surface area (Å²) in [5.41, 5.74) is -1.47. The smallest absolute Gasteiger partial charge is 0.377 e. The van der Waals surface area contributed by atoms with Crippen molar-refractivity contribution in [3.05, 3.63) is 33.9 Å². The molecule has 0 aliphatic rings. The van der Waals surface area contributed by atoms with Crippen LogP contribution >= 0.6 is 0 Å². The third kappa shape index (κ3) is 4.11. The molecule has 1 aromatic carbocycles. The van der Waals surface area contributed by atoms with Gasteiger partial charge in [-0.05, 0) is 25.5 Å². The van der Waals surface area contributed by atoms with Crippen LogP contribution in [0.3, 0.4) is 0 Å². The van der Waals surface area contributed by atoms with Crippen LogP contribution in [0.1, 0.15) is 32.3 Å². The minimum absolute atomic E-state index is 0.0413. The molecule has 1 rings (SSSR count). The minimum Gasteiger partial charge on any atom is -0.377 e. The molecule has 1 unspecified atom stereocenters. The van der Waals surface area contributed by atoms with Gasteiger partial charge in [0.05, 0.1) is 10.5 Å². The number of nitrogens with one attached hydrogen (secondary N) is 1. The Balaban J connectivity index is 3.09. The normalized spacial score (nSPS) is 13.1. The zero-order valence-electron chi connectivity index (χ0n) is 10.6. The number of benzene rings is 1. The molecule has 19 heavy (non-hydrogen) atoms. The SMILES string of the molecule is CCCC(C)Nc1ccc(C(F)(F)F)cc1[N+](=O)[O-]. The van der Waals surface area contributed by atoms with Crippen LogP contribution in [-0.4, -0.2) is 11.0 Å². The Kier molecular flexibility index (Phi) is 4.74. The monoisotopic (exact) mass is 276 g/mol. The molecule has 0 aliphatic carbocycles. The number of hydrogen-bond donors (Lipinski definition) is 1. The molecule has 0 aromatic heterocycles. The summed E-state index contributed by atoms with van der Waals surface area (Å²) in [6, 6.07) is 2.46. The fourth-order valence-corrected chi connectivity index (χ4v) is 1.75. The number of alkyl halides is 3. The highest BCUT2D eigenvalue weighted by Gasteiger charge is 2.33. The third-order valence-electron chi connectivity index (χ3n) is 2.65. The van der Waals surface area contributed by atoms with Crippen LogP contribution in [0.25, 0.3) is 0 Å². The van der Waals surface area contributed by atoms with Gasteiger partial charge in [0.2, 0.25) is 0 Å². The summed E-state index contributed by atoms with van der Waals surface area (Å²) in [6.45, 7) is 3.78.